The van der Waals surface area contributed by atoms with Crippen LogP contribution in [0.1, 0.15) is 72.1 Å². The van der Waals surface area contributed by atoms with Crippen molar-refractivity contribution in [2.24, 2.45) is 0 Å². The molecule has 0 bridgehead atoms. The summed E-state index contributed by atoms with van der Waals surface area (Å²) in [6.07, 6.45) is 3.40. The molecule has 0 N–H and O–H groups in total. The lowest BCUT2D eigenvalue weighted by atomic mass is 10.1. The monoisotopic (exact) mass is 782 g/mol. The second-order valence-electron chi connectivity index (χ2n) is 12.5. The summed E-state index contributed by atoms with van der Waals surface area (Å²) in [7, 11) is 0. The highest BCUT2D eigenvalue weighted by atomic mass is 16.7. The first-order valence-corrected chi connectivity index (χ1v) is 18.3. The Hall–Kier alpha value is -5.74. The fraction of sp³-hybridized carbons (Fsp3) is 0.450. The molecule has 2 aliphatic heterocycles. The largest absolute Gasteiger partial charge is 0.513 e. The molecular weight excluding hydrogens is 736 g/mol. The molecular formula is C40H46O16. The highest BCUT2D eigenvalue weighted by Crippen LogP contribution is 2.32. The molecule has 16 nitrogen and oxygen atoms in total. The molecule has 2 unspecified atom stereocenters. The van der Waals surface area contributed by atoms with Crippen LogP contribution in [0.3, 0.4) is 0 Å². The minimum Gasteiger partial charge on any atom is -0.463 e. The molecule has 2 aliphatic rings. The lowest BCUT2D eigenvalue weighted by molar-refractivity contribution is -0.138. The van der Waals surface area contributed by atoms with E-state index >= 15 is 0 Å². The molecule has 0 spiro atoms. The van der Waals surface area contributed by atoms with Crippen LogP contribution in [0.4, 0.5) is 9.59 Å². The van der Waals surface area contributed by atoms with Gasteiger partial charge in [-0.15, -0.1) is 0 Å². The van der Waals surface area contributed by atoms with Crippen molar-refractivity contribution in [1.29, 1.82) is 0 Å². The van der Waals surface area contributed by atoms with Crippen LogP contribution >= 0.6 is 0 Å². The fourth-order valence-corrected chi connectivity index (χ4v) is 5.50. The van der Waals surface area contributed by atoms with Crippen molar-refractivity contribution in [2.45, 2.75) is 75.8 Å². The molecule has 0 radical (unpaired) electrons. The summed E-state index contributed by atoms with van der Waals surface area (Å²) in [5.74, 6) is -1.87. The van der Waals surface area contributed by atoms with Crippen molar-refractivity contribution in [3.8, 4) is 11.5 Å². The summed E-state index contributed by atoms with van der Waals surface area (Å²) < 4.78 is 53.1. The maximum atomic E-state index is 12.9. The highest BCUT2D eigenvalue weighted by molar-refractivity contribution is 5.90. The van der Waals surface area contributed by atoms with Crippen LogP contribution in [0.25, 0.3) is 0 Å². The smallest absolute Gasteiger partial charge is 0.463 e. The third kappa shape index (κ3) is 14.5. The Balaban J connectivity index is 1.10. The summed E-state index contributed by atoms with van der Waals surface area (Å²) >= 11 is 0. The van der Waals surface area contributed by atoms with Crippen molar-refractivity contribution in [1.82, 2.24) is 0 Å². The van der Waals surface area contributed by atoms with Crippen LogP contribution in [-0.2, 0) is 47.5 Å². The van der Waals surface area contributed by atoms with Crippen molar-refractivity contribution >= 4 is 36.2 Å². The number of hydrogen-bond donors (Lipinski definition) is 0. The first kappa shape index (κ1) is 43.0. The van der Waals surface area contributed by atoms with Gasteiger partial charge in [0.2, 0.25) is 0 Å². The van der Waals surface area contributed by atoms with Crippen LogP contribution in [0.2, 0.25) is 0 Å². The molecule has 2 fully saturated rings. The van der Waals surface area contributed by atoms with Gasteiger partial charge < -0.3 is 47.4 Å². The van der Waals surface area contributed by atoms with Crippen molar-refractivity contribution < 1.29 is 76.1 Å². The average molecular weight is 783 g/mol. The zero-order valence-electron chi connectivity index (χ0n) is 30.9. The minimum absolute atomic E-state index is 0.0281. The van der Waals surface area contributed by atoms with Gasteiger partial charge in [-0.05, 0) is 99.9 Å². The predicted octanol–water partition coefficient (Wildman–Crippen LogP) is 5.85. The van der Waals surface area contributed by atoms with Crippen LogP contribution in [0.15, 0.2) is 73.8 Å². The van der Waals surface area contributed by atoms with E-state index in [0.29, 0.717) is 38.9 Å². The van der Waals surface area contributed by atoms with Crippen LogP contribution < -0.4 is 9.47 Å². The quantitative estimate of drug-likeness (QED) is 0.0454. The van der Waals surface area contributed by atoms with Gasteiger partial charge in [-0.2, -0.15) is 0 Å². The topological polar surface area (TPSA) is 195 Å². The molecule has 0 aliphatic carbocycles. The number of unbranched alkanes of at least 4 members (excludes halogenated alkanes) is 6. The molecule has 2 saturated heterocycles. The van der Waals surface area contributed by atoms with Crippen LogP contribution in [0, 0.1) is 0 Å². The second kappa shape index (κ2) is 23.2. The van der Waals surface area contributed by atoms with Crippen molar-refractivity contribution in [3.63, 3.8) is 0 Å². The number of rotatable bonds is 22. The SMILES string of the molecule is C=CC(=O)OCCCCCCOC(=O)Oc1ccc(C(=O)O[C@H]2COC3C2OC[C@H]3OC(=O)c2ccc(OC(=O)OCCCCCCOC(=O)C=C)cc2)cc1. The van der Waals surface area contributed by atoms with Gasteiger partial charge in [0.25, 0.3) is 0 Å². The number of carbonyl (C=O) groups is 6. The first-order valence-electron chi connectivity index (χ1n) is 18.3. The van der Waals surface area contributed by atoms with E-state index in [2.05, 4.69) is 13.2 Å². The minimum atomic E-state index is -0.880. The van der Waals surface area contributed by atoms with Crippen molar-refractivity contribution in [3.05, 3.63) is 85.0 Å². The van der Waals surface area contributed by atoms with Gasteiger partial charge in [0.15, 0.2) is 12.2 Å². The van der Waals surface area contributed by atoms with E-state index in [9.17, 15) is 28.8 Å². The predicted molar refractivity (Wildman–Crippen MR) is 194 cm³/mol. The lowest BCUT2D eigenvalue weighted by Crippen LogP contribution is -2.36. The van der Waals surface area contributed by atoms with E-state index in [1.807, 2.05) is 0 Å². The van der Waals surface area contributed by atoms with E-state index in [0.717, 1.165) is 37.8 Å². The molecule has 0 amide bonds. The molecule has 4 atom stereocenters. The van der Waals surface area contributed by atoms with Gasteiger partial charge in [0.05, 0.1) is 50.8 Å². The van der Waals surface area contributed by atoms with E-state index in [4.69, 9.17) is 47.4 Å². The lowest BCUT2D eigenvalue weighted by Gasteiger charge is -2.17. The zero-order chi connectivity index (χ0) is 40.1. The number of benzene rings is 2. The molecule has 56 heavy (non-hydrogen) atoms. The molecule has 16 heteroatoms. The van der Waals surface area contributed by atoms with Gasteiger partial charge in [-0.1, -0.05) is 13.2 Å². The van der Waals surface area contributed by atoms with E-state index in [-0.39, 0.29) is 49.1 Å². The Morgan fingerprint density at radius 2 is 0.857 bits per heavy atom. The first-order chi connectivity index (χ1) is 27.2. The van der Waals surface area contributed by atoms with Crippen LogP contribution in [0.5, 0.6) is 11.5 Å². The zero-order valence-corrected chi connectivity index (χ0v) is 30.9. The number of carbonyl (C=O) groups excluding carboxylic acids is 6. The number of hydrogen-bond acceptors (Lipinski definition) is 16. The van der Waals surface area contributed by atoms with Crippen molar-refractivity contribution in [2.75, 3.05) is 39.6 Å². The normalized spacial score (nSPS) is 18.1. The number of ether oxygens (including phenoxy) is 10. The standard InChI is InChI=1S/C40H46O16/c1-3-33(41)47-21-9-5-7-11-23-49-39(45)53-29-17-13-27(14-18-29)37(43)55-31-25-51-36-32(26-52-35(31)36)56-38(44)28-15-19-30(20-16-28)54-40(46)50-24-12-8-6-10-22-48-34(42)4-2/h3-4,13-20,31-32,35-36H,1-2,5-12,21-26H2/t31-,32+,35?,36?. The molecule has 2 aromatic rings. The molecule has 0 aromatic heterocycles. The van der Waals surface area contributed by atoms with E-state index < -0.39 is 60.6 Å². The Kier molecular flexibility index (Phi) is 17.8. The summed E-state index contributed by atoms with van der Waals surface area (Å²) in [6.45, 7) is 7.65. The van der Waals surface area contributed by atoms with E-state index in [1.54, 1.807) is 0 Å². The Bertz CT molecular complexity index is 1510. The molecule has 4 rings (SSSR count). The van der Waals surface area contributed by atoms with Gasteiger partial charge in [-0.25, -0.2) is 28.8 Å². The molecule has 0 saturated carbocycles. The van der Waals surface area contributed by atoms with Gasteiger partial charge in [0, 0.05) is 12.2 Å². The molecule has 302 valence electrons. The van der Waals surface area contributed by atoms with E-state index in [1.165, 1.54) is 48.5 Å². The molecule has 2 aromatic carbocycles. The van der Waals surface area contributed by atoms with Crippen LogP contribution in [-0.4, -0.2) is 100 Å². The average Bonchev–Trinajstić information content (AvgIpc) is 3.79. The number of esters is 4. The molecule has 2 heterocycles. The highest BCUT2D eigenvalue weighted by Gasteiger charge is 2.51. The third-order valence-electron chi connectivity index (χ3n) is 8.40. The van der Waals surface area contributed by atoms with Gasteiger partial charge >= 0.3 is 36.2 Å². The Morgan fingerprint density at radius 1 is 0.518 bits per heavy atom. The third-order valence-corrected chi connectivity index (χ3v) is 8.40. The second-order valence-corrected chi connectivity index (χ2v) is 12.5. The summed E-state index contributed by atoms with van der Waals surface area (Å²) in [5, 5.41) is 0. The fourth-order valence-electron chi connectivity index (χ4n) is 5.50. The number of fused-ring (bicyclic) bond motifs is 1. The summed E-state index contributed by atoms with van der Waals surface area (Å²) in [4.78, 5) is 71.8. The Labute approximate surface area is 323 Å². The van der Waals surface area contributed by atoms with Gasteiger partial charge in [-0.3, -0.25) is 0 Å². The maximum Gasteiger partial charge on any atom is 0.513 e. The summed E-state index contributed by atoms with van der Waals surface area (Å²) in [6, 6.07) is 11.5. The van der Waals surface area contributed by atoms with Gasteiger partial charge in [0.1, 0.15) is 23.7 Å². The Morgan fingerprint density at radius 3 is 1.20 bits per heavy atom. The maximum absolute atomic E-state index is 12.9. The summed E-state index contributed by atoms with van der Waals surface area (Å²) in [5.41, 5.74) is 0.402.